The molecule has 20 heavy (non-hydrogen) atoms. The first kappa shape index (κ1) is 14.2. The fourth-order valence-electron chi connectivity index (χ4n) is 2.20. The summed E-state index contributed by atoms with van der Waals surface area (Å²) in [6.07, 6.45) is 5.03. The molecule has 0 aliphatic carbocycles. The molecular formula is C16H17FN2O. The van der Waals surface area contributed by atoms with Crippen molar-refractivity contribution in [2.24, 2.45) is 0 Å². The Morgan fingerprint density at radius 2 is 2.05 bits per heavy atom. The number of aryl methyl sites for hydroxylation is 1. The van der Waals surface area contributed by atoms with Crippen LogP contribution in [0, 0.1) is 12.7 Å². The number of nitrogens with zero attached hydrogens (tertiary/aromatic N) is 2. The molecule has 2 rings (SSSR count). The maximum absolute atomic E-state index is 13.9. The molecule has 2 aromatic rings. The standard InChI is InChI=1S/C16H17FN2O/c1-4-13-15(5-2)19(10-18-16(13)20)9-12-7-6-11(3)8-14(12)17/h4-8,10H,9H2,1-3H3. The minimum atomic E-state index is -0.263. The predicted molar refractivity (Wildman–Crippen MR) is 78.3 cm³/mol. The molecule has 0 saturated heterocycles. The van der Waals surface area contributed by atoms with Gasteiger partial charge in [0.25, 0.3) is 5.56 Å². The Bertz CT molecular complexity index is 806. The second-order valence-corrected chi connectivity index (χ2v) is 4.65. The first-order valence-corrected chi connectivity index (χ1v) is 6.50. The average Bonchev–Trinajstić information content (AvgIpc) is 2.43. The third-order valence-corrected chi connectivity index (χ3v) is 3.24. The van der Waals surface area contributed by atoms with Crippen molar-refractivity contribution in [2.45, 2.75) is 27.3 Å². The number of benzene rings is 1. The summed E-state index contributed by atoms with van der Waals surface area (Å²) in [5.74, 6) is -0.243. The molecule has 0 unspecified atom stereocenters. The van der Waals surface area contributed by atoms with E-state index in [1.165, 1.54) is 12.4 Å². The zero-order chi connectivity index (χ0) is 14.7. The van der Waals surface area contributed by atoms with Gasteiger partial charge in [0.2, 0.25) is 0 Å². The summed E-state index contributed by atoms with van der Waals surface area (Å²) in [5.41, 5.74) is 1.20. The maximum Gasteiger partial charge on any atom is 0.280 e. The molecule has 0 N–H and O–H groups in total. The van der Waals surface area contributed by atoms with Crippen molar-refractivity contribution in [1.29, 1.82) is 0 Å². The lowest BCUT2D eigenvalue weighted by molar-refractivity contribution is 0.592. The Hall–Kier alpha value is -2.23. The molecule has 0 aliphatic rings. The van der Waals surface area contributed by atoms with Gasteiger partial charge in [-0.15, -0.1) is 0 Å². The smallest absolute Gasteiger partial charge is 0.280 e. The second-order valence-electron chi connectivity index (χ2n) is 4.65. The zero-order valence-corrected chi connectivity index (χ0v) is 11.9. The minimum absolute atomic E-state index is 0.243. The predicted octanol–water partition coefficient (Wildman–Crippen LogP) is 1.34. The van der Waals surface area contributed by atoms with Gasteiger partial charge in [-0.2, -0.15) is 4.98 Å². The molecule has 0 amide bonds. The van der Waals surface area contributed by atoms with E-state index in [0.717, 1.165) is 10.9 Å². The van der Waals surface area contributed by atoms with Crippen molar-refractivity contribution >= 4 is 12.2 Å². The molecule has 4 heteroatoms. The second kappa shape index (κ2) is 5.82. The third-order valence-electron chi connectivity index (χ3n) is 3.24. The van der Waals surface area contributed by atoms with Crippen molar-refractivity contribution in [2.75, 3.05) is 0 Å². The molecular weight excluding hydrogens is 255 g/mol. The van der Waals surface area contributed by atoms with E-state index in [-0.39, 0.29) is 11.4 Å². The number of aromatic nitrogens is 2. The van der Waals surface area contributed by atoms with E-state index in [2.05, 4.69) is 4.98 Å². The van der Waals surface area contributed by atoms with Crippen LogP contribution in [0.1, 0.15) is 25.0 Å². The van der Waals surface area contributed by atoms with E-state index in [1.54, 1.807) is 23.6 Å². The van der Waals surface area contributed by atoms with Crippen LogP contribution in [0.5, 0.6) is 0 Å². The van der Waals surface area contributed by atoms with Gasteiger partial charge < -0.3 is 4.57 Å². The van der Waals surface area contributed by atoms with E-state index in [4.69, 9.17) is 0 Å². The van der Waals surface area contributed by atoms with Gasteiger partial charge in [0.05, 0.1) is 23.4 Å². The van der Waals surface area contributed by atoms with Crippen LogP contribution in [0.15, 0.2) is 29.3 Å². The summed E-state index contributed by atoms with van der Waals surface area (Å²) in [6.45, 7) is 5.84. The first-order valence-electron chi connectivity index (χ1n) is 6.50. The van der Waals surface area contributed by atoms with E-state index in [0.29, 0.717) is 17.3 Å². The highest BCUT2D eigenvalue weighted by atomic mass is 19.1. The topological polar surface area (TPSA) is 34.9 Å². The highest BCUT2D eigenvalue weighted by Gasteiger charge is 2.05. The van der Waals surface area contributed by atoms with E-state index < -0.39 is 0 Å². The lowest BCUT2D eigenvalue weighted by Crippen LogP contribution is -2.46. The molecule has 3 nitrogen and oxygen atoms in total. The molecule has 0 aliphatic heterocycles. The van der Waals surface area contributed by atoms with Crippen LogP contribution in [0.3, 0.4) is 0 Å². The van der Waals surface area contributed by atoms with Crippen molar-refractivity contribution in [3.05, 3.63) is 62.4 Å². The molecule has 1 aromatic carbocycles. The first-order chi connectivity index (χ1) is 9.56. The van der Waals surface area contributed by atoms with Crippen molar-refractivity contribution in [1.82, 2.24) is 9.55 Å². The molecule has 0 radical (unpaired) electrons. The Morgan fingerprint density at radius 1 is 1.30 bits per heavy atom. The molecule has 104 valence electrons. The summed E-state index contributed by atoms with van der Waals surface area (Å²) in [7, 11) is 0. The van der Waals surface area contributed by atoms with Crippen molar-refractivity contribution in [3.8, 4) is 0 Å². The highest BCUT2D eigenvalue weighted by molar-refractivity contribution is 5.27. The molecule has 0 bridgehead atoms. The Balaban J connectivity index is 2.58. The fraction of sp³-hybridized carbons (Fsp3) is 0.250. The Morgan fingerprint density at radius 3 is 2.65 bits per heavy atom. The van der Waals surface area contributed by atoms with E-state index >= 15 is 0 Å². The Labute approximate surface area is 116 Å². The molecule has 0 atom stereocenters. The average molecular weight is 272 g/mol. The van der Waals surface area contributed by atoms with Crippen LogP contribution in [-0.2, 0) is 6.54 Å². The zero-order valence-electron chi connectivity index (χ0n) is 11.9. The summed E-state index contributed by atoms with van der Waals surface area (Å²) in [4.78, 5) is 15.5. The van der Waals surface area contributed by atoms with Gasteiger partial charge in [-0.05, 0) is 32.4 Å². The summed E-state index contributed by atoms with van der Waals surface area (Å²) in [6, 6.07) is 5.14. The number of hydrogen-bond donors (Lipinski definition) is 0. The number of halogens is 1. The van der Waals surface area contributed by atoms with Crippen LogP contribution in [-0.4, -0.2) is 9.55 Å². The molecule has 1 aromatic heterocycles. The van der Waals surface area contributed by atoms with Gasteiger partial charge in [-0.1, -0.05) is 24.3 Å². The summed E-state index contributed by atoms with van der Waals surface area (Å²) in [5, 5.41) is 1.30. The maximum atomic E-state index is 13.9. The van der Waals surface area contributed by atoms with Crippen LogP contribution >= 0.6 is 0 Å². The van der Waals surface area contributed by atoms with Gasteiger partial charge in [0.15, 0.2) is 0 Å². The monoisotopic (exact) mass is 272 g/mol. The highest BCUT2D eigenvalue weighted by Crippen LogP contribution is 2.10. The lowest BCUT2D eigenvalue weighted by atomic mass is 10.1. The van der Waals surface area contributed by atoms with Gasteiger partial charge >= 0.3 is 0 Å². The van der Waals surface area contributed by atoms with Crippen LogP contribution in [0.2, 0.25) is 0 Å². The molecule has 0 fully saturated rings. The van der Waals surface area contributed by atoms with Gasteiger partial charge in [-0.25, -0.2) is 4.39 Å². The van der Waals surface area contributed by atoms with Gasteiger partial charge in [0.1, 0.15) is 5.82 Å². The van der Waals surface area contributed by atoms with Crippen LogP contribution < -0.4 is 16.1 Å². The lowest BCUT2D eigenvalue weighted by Gasteiger charge is -2.09. The van der Waals surface area contributed by atoms with E-state index in [1.807, 2.05) is 26.0 Å². The largest absolute Gasteiger partial charge is 0.327 e. The SMILES string of the molecule is CC=c1c(=O)ncn(Cc2ccc(C)cc2F)c1=CC. The summed E-state index contributed by atoms with van der Waals surface area (Å²) < 4.78 is 15.7. The number of hydrogen-bond acceptors (Lipinski definition) is 2. The molecule has 0 saturated carbocycles. The van der Waals surface area contributed by atoms with Gasteiger partial charge in [-0.3, -0.25) is 4.79 Å². The van der Waals surface area contributed by atoms with E-state index in [9.17, 15) is 9.18 Å². The minimum Gasteiger partial charge on any atom is -0.327 e. The van der Waals surface area contributed by atoms with Crippen LogP contribution in [0.4, 0.5) is 4.39 Å². The van der Waals surface area contributed by atoms with Crippen molar-refractivity contribution in [3.63, 3.8) is 0 Å². The van der Waals surface area contributed by atoms with Gasteiger partial charge in [0, 0.05) is 5.56 Å². The van der Waals surface area contributed by atoms with Crippen molar-refractivity contribution < 1.29 is 4.39 Å². The summed E-state index contributed by atoms with van der Waals surface area (Å²) >= 11 is 0. The number of rotatable bonds is 2. The van der Waals surface area contributed by atoms with Crippen LogP contribution in [0.25, 0.3) is 12.2 Å². The molecule has 0 spiro atoms. The quantitative estimate of drug-likeness (QED) is 0.827. The normalized spacial score (nSPS) is 13.0. The fourth-order valence-corrected chi connectivity index (χ4v) is 2.20. The third kappa shape index (κ3) is 2.69. The Kier molecular flexibility index (Phi) is 4.13. The molecule has 1 heterocycles.